The lowest BCUT2D eigenvalue weighted by molar-refractivity contribution is -0.146. The Morgan fingerprint density at radius 3 is 2.80 bits per heavy atom. The quantitative estimate of drug-likeness (QED) is 0.609. The van der Waals surface area contributed by atoms with Crippen LogP contribution in [0, 0.1) is 0 Å². The third-order valence-electron chi connectivity index (χ3n) is 2.46. The van der Waals surface area contributed by atoms with Crippen molar-refractivity contribution < 1.29 is 24.2 Å². The third-order valence-corrected chi connectivity index (χ3v) is 4.22. The summed E-state index contributed by atoms with van der Waals surface area (Å²) in [5.74, 6) is -1.44. The van der Waals surface area contributed by atoms with Crippen LogP contribution in [0.5, 0.6) is 0 Å². The van der Waals surface area contributed by atoms with Crippen LogP contribution in [0.2, 0.25) is 0 Å². The summed E-state index contributed by atoms with van der Waals surface area (Å²) in [6.45, 7) is -0.707. The maximum atomic E-state index is 12.2. The maximum absolute atomic E-state index is 12.2. The van der Waals surface area contributed by atoms with Crippen LogP contribution in [0.3, 0.4) is 0 Å². The van der Waals surface area contributed by atoms with E-state index in [1.165, 1.54) is 6.08 Å². The highest BCUT2D eigenvalue weighted by Gasteiger charge is 2.40. The molecule has 1 atom stereocenters. The number of carboxylic acid groups (broad SMARTS) is 1. The lowest BCUT2D eigenvalue weighted by Crippen LogP contribution is -2.46. The fraction of sp³-hybridized carbons (Fsp3) is 0.182. The van der Waals surface area contributed by atoms with Crippen molar-refractivity contribution in [1.82, 2.24) is 4.90 Å². The first-order chi connectivity index (χ1) is 9.43. The van der Waals surface area contributed by atoms with E-state index in [4.69, 9.17) is 26.8 Å². The molecule has 1 aliphatic heterocycles. The molecule has 0 aliphatic carbocycles. The lowest BCUT2D eigenvalue weighted by Gasteiger charge is -2.20. The number of carbonyl (C=O) groups is 2. The summed E-state index contributed by atoms with van der Waals surface area (Å²) < 4.78 is 5.85. The van der Waals surface area contributed by atoms with Gasteiger partial charge < -0.3 is 14.6 Å². The summed E-state index contributed by atoms with van der Waals surface area (Å²) in [5.41, 5.74) is 0. The molecule has 2 N–H and O–H groups in total. The number of aliphatic hydroxyl groups excluding tert-OH is 1. The molecule has 20 heavy (non-hydrogen) atoms. The van der Waals surface area contributed by atoms with E-state index in [1.54, 1.807) is 12.1 Å². The van der Waals surface area contributed by atoms with Crippen molar-refractivity contribution in [2.75, 3.05) is 6.61 Å². The number of thiocarbonyl (C=S) groups is 1. The molecule has 0 bridgehead atoms. The predicted octanol–water partition coefficient (Wildman–Crippen LogP) is 1.69. The second-order valence-corrected chi connectivity index (χ2v) is 6.19. The van der Waals surface area contributed by atoms with Gasteiger partial charge in [-0.05, 0) is 28.1 Å². The predicted molar refractivity (Wildman–Crippen MR) is 79.9 cm³/mol. The number of hydrogen-bond acceptors (Lipinski definition) is 6. The number of halogens is 1. The zero-order valence-corrected chi connectivity index (χ0v) is 13.0. The van der Waals surface area contributed by atoms with Gasteiger partial charge in [-0.1, -0.05) is 24.0 Å². The lowest BCUT2D eigenvalue weighted by atomic mass is 10.2. The highest BCUT2D eigenvalue weighted by Crippen LogP contribution is 2.34. The maximum Gasteiger partial charge on any atom is 0.329 e. The fourth-order valence-electron chi connectivity index (χ4n) is 1.55. The van der Waals surface area contributed by atoms with Crippen molar-refractivity contribution in [2.45, 2.75) is 6.04 Å². The minimum atomic E-state index is -1.38. The number of carboxylic acids is 1. The topological polar surface area (TPSA) is 91.0 Å². The van der Waals surface area contributed by atoms with Gasteiger partial charge in [0.2, 0.25) is 0 Å². The molecule has 2 rings (SSSR count). The molecule has 1 saturated heterocycles. The van der Waals surface area contributed by atoms with Gasteiger partial charge in [0.25, 0.3) is 5.91 Å². The van der Waals surface area contributed by atoms with Crippen LogP contribution in [0.15, 0.2) is 26.1 Å². The SMILES string of the molecule is O=C(O)[C@H](CO)N1C(=O)/C(=C\c2ccc(Br)o2)SC1=S. The molecule has 0 aromatic carbocycles. The molecule has 6 nitrogen and oxygen atoms in total. The van der Waals surface area contributed by atoms with Crippen LogP contribution in [0.25, 0.3) is 6.08 Å². The zero-order chi connectivity index (χ0) is 14.9. The number of rotatable bonds is 4. The van der Waals surface area contributed by atoms with Crippen LogP contribution >= 0.6 is 39.9 Å². The summed E-state index contributed by atoms with van der Waals surface area (Å²) in [7, 11) is 0. The summed E-state index contributed by atoms with van der Waals surface area (Å²) in [6.07, 6.45) is 1.47. The summed E-state index contributed by atoms with van der Waals surface area (Å²) in [5, 5.41) is 18.1. The number of amides is 1. The Balaban J connectivity index is 2.29. The van der Waals surface area contributed by atoms with Crippen molar-refractivity contribution in [3.8, 4) is 0 Å². The zero-order valence-electron chi connectivity index (χ0n) is 9.78. The van der Waals surface area contributed by atoms with E-state index in [0.29, 0.717) is 10.4 Å². The Morgan fingerprint density at radius 2 is 2.30 bits per heavy atom. The molecule has 9 heteroatoms. The Morgan fingerprint density at radius 1 is 1.60 bits per heavy atom. The van der Waals surface area contributed by atoms with Crippen LogP contribution in [-0.2, 0) is 9.59 Å². The number of hydrogen-bond donors (Lipinski definition) is 2. The number of aliphatic carboxylic acids is 1. The molecule has 1 aromatic heterocycles. The van der Waals surface area contributed by atoms with E-state index in [9.17, 15) is 9.59 Å². The average molecular weight is 378 g/mol. The first-order valence-electron chi connectivity index (χ1n) is 5.30. The second-order valence-electron chi connectivity index (χ2n) is 3.73. The molecule has 1 amide bonds. The van der Waals surface area contributed by atoms with Crippen molar-refractivity contribution >= 4 is 62.2 Å². The molecule has 106 valence electrons. The van der Waals surface area contributed by atoms with E-state index in [2.05, 4.69) is 15.9 Å². The van der Waals surface area contributed by atoms with E-state index in [-0.39, 0.29) is 9.23 Å². The summed E-state index contributed by atoms with van der Waals surface area (Å²) in [6, 6.07) is 1.94. The van der Waals surface area contributed by atoms with Crippen LogP contribution < -0.4 is 0 Å². The van der Waals surface area contributed by atoms with Gasteiger partial charge in [0.15, 0.2) is 10.7 Å². The van der Waals surface area contributed by atoms with Gasteiger partial charge >= 0.3 is 5.97 Å². The molecule has 0 spiro atoms. The smallest absolute Gasteiger partial charge is 0.329 e. The number of aliphatic hydroxyl groups is 1. The van der Waals surface area contributed by atoms with E-state index < -0.39 is 24.5 Å². The molecule has 1 aliphatic rings. The highest BCUT2D eigenvalue weighted by molar-refractivity contribution is 9.10. The van der Waals surface area contributed by atoms with Gasteiger partial charge in [0.1, 0.15) is 10.1 Å². The first-order valence-corrected chi connectivity index (χ1v) is 7.32. The van der Waals surface area contributed by atoms with E-state index in [0.717, 1.165) is 16.7 Å². The summed E-state index contributed by atoms with van der Waals surface area (Å²) >= 11 is 9.10. The summed E-state index contributed by atoms with van der Waals surface area (Å²) in [4.78, 5) is 24.3. The molecule has 0 radical (unpaired) electrons. The Labute approximate surface area is 131 Å². The second kappa shape index (κ2) is 6.08. The molecule has 0 unspecified atom stereocenters. The molecule has 1 fully saturated rings. The van der Waals surface area contributed by atoms with Crippen molar-refractivity contribution in [3.63, 3.8) is 0 Å². The molecule has 0 saturated carbocycles. The minimum Gasteiger partial charge on any atom is -0.480 e. The average Bonchev–Trinajstić information content (AvgIpc) is 2.89. The Bertz CT molecular complexity index is 612. The largest absolute Gasteiger partial charge is 0.480 e. The van der Waals surface area contributed by atoms with Gasteiger partial charge in [-0.15, -0.1) is 0 Å². The molecule has 2 heterocycles. The minimum absolute atomic E-state index is 0.0910. The third kappa shape index (κ3) is 2.95. The van der Waals surface area contributed by atoms with Gasteiger partial charge in [-0.25, -0.2) is 4.79 Å². The number of carbonyl (C=O) groups excluding carboxylic acids is 1. The monoisotopic (exact) mass is 377 g/mol. The van der Waals surface area contributed by atoms with Crippen LogP contribution in [-0.4, -0.2) is 44.0 Å². The standard InChI is InChI=1S/C11H8BrNO5S2/c12-8-2-1-5(18-8)3-7-9(15)13(11(19)20-7)6(4-14)10(16)17/h1-3,6,14H,4H2,(H,16,17)/b7-3+/t6-/m0/s1. The first kappa shape index (κ1) is 15.2. The van der Waals surface area contributed by atoms with Crippen molar-refractivity contribution in [2.24, 2.45) is 0 Å². The van der Waals surface area contributed by atoms with Crippen LogP contribution in [0.1, 0.15) is 5.76 Å². The van der Waals surface area contributed by atoms with E-state index in [1.807, 2.05) is 0 Å². The van der Waals surface area contributed by atoms with E-state index >= 15 is 0 Å². The van der Waals surface area contributed by atoms with Gasteiger partial charge in [-0.3, -0.25) is 9.69 Å². The number of nitrogens with zero attached hydrogens (tertiary/aromatic N) is 1. The molecular weight excluding hydrogens is 370 g/mol. The van der Waals surface area contributed by atoms with Gasteiger partial charge in [-0.2, -0.15) is 0 Å². The fourth-order valence-corrected chi connectivity index (χ4v) is 3.21. The number of furan rings is 1. The van der Waals surface area contributed by atoms with Gasteiger partial charge in [0.05, 0.1) is 11.5 Å². The van der Waals surface area contributed by atoms with Crippen molar-refractivity contribution in [1.29, 1.82) is 0 Å². The van der Waals surface area contributed by atoms with Gasteiger partial charge in [0, 0.05) is 6.08 Å². The Hall–Kier alpha value is -1.16. The van der Waals surface area contributed by atoms with Crippen LogP contribution in [0.4, 0.5) is 0 Å². The molecular formula is C11H8BrNO5S2. The highest BCUT2D eigenvalue weighted by atomic mass is 79.9. The number of thioether (sulfide) groups is 1. The van der Waals surface area contributed by atoms with Crippen molar-refractivity contribution in [3.05, 3.63) is 27.5 Å². The Kier molecular flexibility index (Phi) is 4.63. The normalized spacial score (nSPS) is 18.9. The molecule has 1 aromatic rings.